The molecule has 0 radical (unpaired) electrons. The smallest absolute Gasteiger partial charge is 0.277 e. The fraction of sp³-hybridized carbons (Fsp3) is 0. The lowest BCUT2D eigenvalue weighted by molar-refractivity contribution is -0.384. The number of hydrogen-bond donors (Lipinski definition) is 2. The van der Waals surface area contributed by atoms with Gasteiger partial charge in [0.15, 0.2) is 0 Å². The van der Waals surface area contributed by atoms with Crippen LogP contribution in [0.25, 0.3) is 21.8 Å². The number of imidazole rings is 1. The number of hydrogen-bond acceptors (Lipinski definition) is 7. The molecule has 4 aromatic rings. The van der Waals surface area contributed by atoms with Crippen LogP contribution >= 0.6 is 0 Å². The summed E-state index contributed by atoms with van der Waals surface area (Å²) in [7, 11) is 0. The quantitative estimate of drug-likeness (QED) is 0.408. The Balaban J connectivity index is 1.66. The number of fused-ring (bicyclic) bond motifs is 2. The average molecular weight is 378 g/mol. The van der Waals surface area contributed by atoms with Crippen molar-refractivity contribution in [3.05, 3.63) is 74.6 Å². The van der Waals surface area contributed by atoms with Gasteiger partial charge >= 0.3 is 0 Å². The van der Waals surface area contributed by atoms with E-state index in [1.54, 1.807) is 6.07 Å². The van der Waals surface area contributed by atoms with E-state index in [4.69, 9.17) is 0 Å². The van der Waals surface area contributed by atoms with Crippen LogP contribution in [0.4, 0.5) is 17.3 Å². The van der Waals surface area contributed by atoms with Gasteiger partial charge in [-0.2, -0.15) is 0 Å². The summed E-state index contributed by atoms with van der Waals surface area (Å²) in [6.45, 7) is 0. The number of amides is 1. The molecule has 2 N–H and O–H groups in total. The van der Waals surface area contributed by atoms with E-state index in [0.29, 0.717) is 16.4 Å². The van der Waals surface area contributed by atoms with E-state index in [0.717, 1.165) is 0 Å². The minimum Gasteiger partial charge on any atom is -0.324 e. The van der Waals surface area contributed by atoms with Gasteiger partial charge in [-0.1, -0.05) is 12.1 Å². The van der Waals surface area contributed by atoms with Crippen LogP contribution in [-0.4, -0.2) is 30.7 Å². The van der Waals surface area contributed by atoms with Gasteiger partial charge in [0.05, 0.1) is 26.3 Å². The number of nitro groups is 2. The zero-order chi connectivity index (χ0) is 19.8. The summed E-state index contributed by atoms with van der Waals surface area (Å²) in [6, 6.07) is 9.93. The number of pyridine rings is 1. The van der Waals surface area contributed by atoms with Crippen LogP contribution in [0.15, 0.2) is 48.7 Å². The zero-order valence-corrected chi connectivity index (χ0v) is 13.9. The number of nitro benzene ring substituents is 2. The summed E-state index contributed by atoms with van der Waals surface area (Å²) >= 11 is 0. The fourth-order valence-electron chi connectivity index (χ4n) is 2.78. The number of carbonyl (C=O) groups excluding carboxylic acids is 1. The summed E-state index contributed by atoms with van der Waals surface area (Å²) in [5.41, 5.74) is 0.533. The Bertz CT molecular complexity index is 1280. The van der Waals surface area contributed by atoms with Crippen LogP contribution in [0.5, 0.6) is 0 Å². The number of H-pyrrole nitrogens is 1. The molecule has 0 saturated heterocycles. The summed E-state index contributed by atoms with van der Waals surface area (Å²) in [6.07, 6.45) is 1.37. The third-order valence-electron chi connectivity index (χ3n) is 4.08. The van der Waals surface area contributed by atoms with Crippen LogP contribution in [0.3, 0.4) is 0 Å². The monoisotopic (exact) mass is 378 g/mol. The Morgan fingerprint density at radius 3 is 2.64 bits per heavy atom. The molecule has 0 unspecified atom stereocenters. The van der Waals surface area contributed by atoms with Crippen molar-refractivity contribution in [1.82, 2.24) is 15.0 Å². The number of nitrogens with zero attached hydrogens (tertiary/aromatic N) is 4. The molecule has 4 rings (SSSR count). The molecule has 0 atom stereocenters. The van der Waals surface area contributed by atoms with E-state index in [1.807, 2.05) is 0 Å². The maximum absolute atomic E-state index is 12.5. The second-order valence-electron chi connectivity index (χ2n) is 5.82. The van der Waals surface area contributed by atoms with Gasteiger partial charge in [0, 0.05) is 29.8 Å². The van der Waals surface area contributed by atoms with Crippen molar-refractivity contribution in [1.29, 1.82) is 0 Å². The minimum absolute atomic E-state index is 0.0340. The maximum atomic E-state index is 12.5. The van der Waals surface area contributed by atoms with E-state index < -0.39 is 15.8 Å². The van der Waals surface area contributed by atoms with Crippen molar-refractivity contribution in [3.8, 4) is 0 Å². The number of nitrogens with one attached hydrogen (secondary N) is 2. The summed E-state index contributed by atoms with van der Waals surface area (Å²) in [5, 5.41) is 25.3. The Hall–Kier alpha value is -4.41. The molecular formula is C17H10N6O5. The molecule has 1 amide bonds. The highest BCUT2D eigenvalue weighted by atomic mass is 16.6. The van der Waals surface area contributed by atoms with E-state index in [-0.39, 0.29) is 28.4 Å². The molecule has 138 valence electrons. The van der Waals surface area contributed by atoms with Crippen LogP contribution in [0.2, 0.25) is 0 Å². The first kappa shape index (κ1) is 17.0. The topological polar surface area (TPSA) is 157 Å². The van der Waals surface area contributed by atoms with E-state index >= 15 is 0 Å². The summed E-state index contributed by atoms with van der Waals surface area (Å²) in [4.78, 5) is 44.4. The standard InChI is InChI=1S/C17H10N6O5/c24-16(14-7-11-9(8-18-14)2-1-3-15(11)23(27)28)21-17-19-12-5-4-10(22(25)26)6-13(12)20-17/h1-8H,(H2,19,20,21,24). The third kappa shape index (κ3) is 2.96. The van der Waals surface area contributed by atoms with Crippen LogP contribution < -0.4 is 5.32 Å². The van der Waals surface area contributed by atoms with E-state index in [2.05, 4.69) is 20.3 Å². The van der Waals surface area contributed by atoms with Crippen LogP contribution in [-0.2, 0) is 0 Å². The number of aromatic nitrogens is 3. The predicted molar refractivity (Wildman–Crippen MR) is 99.1 cm³/mol. The second kappa shape index (κ2) is 6.39. The highest BCUT2D eigenvalue weighted by molar-refractivity contribution is 6.05. The van der Waals surface area contributed by atoms with Crippen LogP contribution in [0, 0.1) is 20.2 Å². The molecule has 0 aliphatic heterocycles. The molecule has 0 aliphatic rings. The molecular weight excluding hydrogens is 368 g/mol. The van der Waals surface area contributed by atoms with Gasteiger partial charge in [-0.05, 0) is 12.1 Å². The normalized spacial score (nSPS) is 10.9. The number of carbonyl (C=O) groups is 1. The first-order valence-electron chi connectivity index (χ1n) is 7.91. The molecule has 11 nitrogen and oxygen atoms in total. The van der Waals surface area contributed by atoms with E-state index in [1.165, 1.54) is 42.6 Å². The Morgan fingerprint density at radius 1 is 1.07 bits per heavy atom. The molecule has 0 fully saturated rings. The van der Waals surface area contributed by atoms with Crippen molar-refractivity contribution in [2.24, 2.45) is 0 Å². The van der Waals surface area contributed by atoms with Crippen molar-refractivity contribution >= 4 is 45.0 Å². The molecule has 2 aromatic heterocycles. The van der Waals surface area contributed by atoms with Crippen molar-refractivity contribution < 1.29 is 14.6 Å². The van der Waals surface area contributed by atoms with Crippen molar-refractivity contribution in [2.45, 2.75) is 0 Å². The Kier molecular flexibility index (Phi) is 3.89. The predicted octanol–water partition coefficient (Wildman–Crippen LogP) is 3.18. The van der Waals surface area contributed by atoms with Gasteiger partial charge in [-0.15, -0.1) is 0 Å². The SMILES string of the molecule is O=C(Nc1nc2ccc([N+](=O)[O-])cc2[nH]1)c1cc2c([N+](=O)[O-])cccc2cn1. The molecule has 0 spiro atoms. The minimum atomic E-state index is -0.631. The van der Waals surface area contributed by atoms with Gasteiger partial charge in [0.2, 0.25) is 5.95 Å². The Morgan fingerprint density at radius 2 is 1.89 bits per heavy atom. The number of anilines is 1. The zero-order valence-electron chi connectivity index (χ0n) is 13.9. The number of rotatable bonds is 4. The molecule has 2 heterocycles. The lowest BCUT2D eigenvalue weighted by Crippen LogP contribution is -2.14. The first-order chi connectivity index (χ1) is 13.4. The third-order valence-corrected chi connectivity index (χ3v) is 4.08. The number of non-ortho nitro benzene ring substituents is 2. The molecule has 0 bridgehead atoms. The van der Waals surface area contributed by atoms with Gasteiger partial charge in [-0.3, -0.25) is 35.3 Å². The van der Waals surface area contributed by atoms with Crippen molar-refractivity contribution in [2.75, 3.05) is 5.32 Å². The lowest BCUT2D eigenvalue weighted by atomic mass is 10.1. The largest absolute Gasteiger partial charge is 0.324 e. The fourth-order valence-corrected chi connectivity index (χ4v) is 2.78. The average Bonchev–Trinajstić information content (AvgIpc) is 3.08. The van der Waals surface area contributed by atoms with Crippen molar-refractivity contribution in [3.63, 3.8) is 0 Å². The van der Waals surface area contributed by atoms with Gasteiger partial charge in [0.1, 0.15) is 5.69 Å². The summed E-state index contributed by atoms with van der Waals surface area (Å²) in [5.74, 6) is -0.557. The Labute approximate surface area is 155 Å². The molecule has 0 aliphatic carbocycles. The number of aromatic amines is 1. The first-order valence-corrected chi connectivity index (χ1v) is 7.91. The summed E-state index contributed by atoms with van der Waals surface area (Å²) < 4.78 is 0. The van der Waals surface area contributed by atoms with E-state index in [9.17, 15) is 25.0 Å². The molecule has 2 aromatic carbocycles. The number of benzene rings is 2. The van der Waals surface area contributed by atoms with Gasteiger partial charge < -0.3 is 4.98 Å². The second-order valence-corrected chi connectivity index (χ2v) is 5.82. The molecule has 0 saturated carbocycles. The highest BCUT2D eigenvalue weighted by Gasteiger charge is 2.17. The maximum Gasteiger partial charge on any atom is 0.277 e. The molecule has 11 heteroatoms. The van der Waals surface area contributed by atoms with Gasteiger partial charge in [-0.25, -0.2) is 4.98 Å². The lowest BCUT2D eigenvalue weighted by Gasteiger charge is -2.03. The highest BCUT2D eigenvalue weighted by Crippen LogP contribution is 2.26. The van der Waals surface area contributed by atoms with Gasteiger partial charge in [0.25, 0.3) is 17.3 Å². The van der Waals surface area contributed by atoms with Crippen LogP contribution in [0.1, 0.15) is 10.5 Å². The molecule has 28 heavy (non-hydrogen) atoms.